The van der Waals surface area contributed by atoms with Crippen LogP contribution in [0.3, 0.4) is 0 Å². The van der Waals surface area contributed by atoms with Gasteiger partial charge in [0.05, 0.1) is 10.5 Å². The number of alkyl halides is 3. The van der Waals surface area contributed by atoms with Gasteiger partial charge in [0, 0.05) is 23.7 Å². The third-order valence-electron chi connectivity index (χ3n) is 4.17. The lowest BCUT2D eigenvalue weighted by Crippen LogP contribution is -2.22. The first-order valence-electron chi connectivity index (χ1n) is 7.77. The zero-order chi connectivity index (χ0) is 18.8. The monoisotopic (exact) mass is 352 g/mol. The number of rotatable bonds is 5. The van der Waals surface area contributed by atoms with E-state index in [4.69, 9.17) is 0 Å². The zero-order valence-electron chi connectivity index (χ0n) is 14.1. The van der Waals surface area contributed by atoms with Crippen LogP contribution in [-0.4, -0.2) is 4.92 Å². The highest BCUT2D eigenvalue weighted by Crippen LogP contribution is 2.30. The van der Waals surface area contributed by atoms with Crippen molar-refractivity contribution >= 4 is 5.69 Å². The summed E-state index contributed by atoms with van der Waals surface area (Å²) in [6.45, 7) is 5.36. The van der Waals surface area contributed by atoms with Crippen LogP contribution < -0.4 is 5.32 Å². The van der Waals surface area contributed by atoms with Crippen molar-refractivity contribution in [3.8, 4) is 0 Å². The van der Waals surface area contributed by atoms with Crippen LogP contribution in [-0.2, 0) is 6.18 Å². The summed E-state index contributed by atoms with van der Waals surface area (Å²) >= 11 is 0. The summed E-state index contributed by atoms with van der Waals surface area (Å²) in [6.07, 6.45) is -4.36. The molecule has 0 fully saturated rings. The molecular weight excluding hydrogens is 333 g/mol. The summed E-state index contributed by atoms with van der Waals surface area (Å²) in [5.74, 6) is 0. The highest BCUT2D eigenvalue weighted by molar-refractivity contribution is 5.43. The Morgan fingerprint density at radius 2 is 1.52 bits per heavy atom. The average Bonchev–Trinajstić information content (AvgIpc) is 2.54. The SMILES string of the molecule is Cc1ccc(C(C)NC(C)c2ccc(C(F)(F)F)cc2)cc1[N+](=O)[O-]. The number of nitrogens with one attached hydrogen (secondary N) is 1. The van der Waals surface area contributed by atoms with Gasteiger partial charge in [0.1, 0.15) is 0 Å². The summed E-state index contributed by atoms with van der Waals surface area (Å²) in [6, 6.07) is 9.58. The van der Waals surface area contributed by atoms with Crippen LogP contribution in [0.5, 0.6) is 0 Å². The molecule has 0 aliphatic rings. The number of benzene rings is 2. The third kappa shape index (κ3) is 4.57. The molecule has 2 rings (SSSR count). The standard InChI is InChI=1S/C18H19F3N2O2/c1-11-4-5-15(10-17(11)23(24)25)13(3)22-12(2)14-6-8-16(9-7-14)18(19,20)21/h4-10,12-13,22H,1-3H3. The number of halogens is 3. The molecule has 0 aromatic heterocycles. The Bertz CT molecular complexity index is 758. The van der Waals surface area contributed by atoms with Crippen molar-refractivity contribution in [1.29, 1.82) is 0 Å². The second-order valence-electron chi connectivity index (χ2n) is 6.03. The van der Waals surface area contributed by atoms with Crippen LogP contribution in [0.1, 0.15) is 48.2 Å². The molecule has 134 valence electrons. The smallest absolute Gasteiger partial charge is 0.304 e. The van der Waals surface area contributed by atoms with Crippen LogP contribution in [0.2, 0.25) is 0 Å². The molecule has 2 aromatic carbocycles. The molecule has 1 N–H and O–H groups in total. The van der Waals surface area contributed by atoms with Crippen LogP contribution in [0, 0.1) is 17.0 Å². The van der Waals surface area contributed by atoms with Gasteiger partial charge in [0.2, 0.25) is 0 Å². The minimum absolute atomic E-state index is 0.0494. The van der Waals surface area contributed by atoms with E-state index in [2.05, 4.69) is 5.32 Å². The fourth-order valence-electron chi connectivity index (χ4n) is 2.62. The first-order valence-corrected chi connectivity index (χ1v) is 7.77. The van der Waals surface area contributed by atoms with Crippen LogP contribution in [0.15, 0.2) is 42.5 Å². The quantitative estimate of drug-likeness (QED) is 0.584. The normalized spacial score (nSPS) is 14.2. The van der Waals surface area contributed by atoms with E-state index in [0.717, 1.165) is 17.7 Å². The average molecular weight is 352 g/mol. The molecule has 0 spiro atoms. The number of nitrogens with zero attached hydrogens (tertiary/aromatic N) is 1. The van der Waals surface area contributed by atoms with Crippen molar-refractivity contribution in [2.75, 3.05) is 0 Å². The fourth-order valence-corrected chi connectivity index (χ4v) is 2.62. The molecule has 0 heterocycles. The number of nitro benzene ring substituents is 1. The molecule has 0 radical (unpaired) electrons. The predicted octanol–water partition coefficient (Wildman–Crippen LogP) is 5.33. The number of aryl methyl sites for hydroxylation is 1. The number of hydrogen-bond acceptors (Lipinski definition) is 3. The molecule has 4 nitrogen and oxygen atoms in total. The molecule has 0 aliphatic heterocycles. The molecule has 7 heteroatoms. The summed E-state index contributed by atoms with van der Waals surface area (Å²) < 4.78 is 37.9. The van der Waals surface area contributed by atoms with Gasteiger partial charge in [-0.1, -0.05) is 24.3 Å². The van der Waals surface area contributed by atoms with Gasteiger partial charge in [-0.3, -0.25) is 10.1 Å². The highest BCUT2D eigenvalue weighted by atomic mass is 19.4. The molecule has 2 unspecified atom stereocenters. The Kier molecular flexibility index (Phi) is 5.47. The van der Waals surface area contributed by atoms with Gasteiger partial charge < -0.3 is 5.32 Å². The summed E-state index contributed by atoms with van der Waals surface area (Å²) in [5, 5.41) is 14.3. The second-order valence-corrected chi connectivity index (χ2v) is 6.03. The largest absolute Gasteiger partial charge is 0.416 e. The Morgan fingerprint density at radius 1 is 1.00 bits per heavy atom. The maximum Gasteiger partial charge on any atom is 0.416 e. The summed E-state index contributed by atoms with van der Waals surface area (Å²) in [5.41, 5.74) is 1.40. The summed E-state index contributed by atoms with van der Waals surface area (Å²) in [7, 11) is 0. The predicted molar refractivity (Wildman–Crippen MR) is 89.2 cm³/mol. The number of nitro groups is 1. The third-order valence-corrected chi connectivity index (χ3v) is 4.17. The van der Waals surface area contributed by atoms with Gasteiger partial charge >= 0.3 is 6.18 Å². The van der Waals surface area contributed by atoms with E-state index in [1.54, 1.807) is 19.1 Å². The van der Waals surface area contributed by atoms with Crippen molar-refractivity contribution in [3.63, 3.8) is 0 Å². The molecule has 25 heavy (non-hydrogen) atoms. The lowest BCUT2D eigenvalue weighted by molar-refractivity contribution is -0.385. The van der Waals surface area contributed by atoms with Gasteiger partial charge in [-0.2, -0.15) is 13.2 Å². The van der Waals surface area contributed by atoms with Crippen molar-refractivity contribution in [3.05, 3.63) is 74.8 Å². The zero-order valence-corrected chi connectivity index (χ0v) is 14.1. The summed E-state index contributed by atoms with van der Waals surface area (Å²) in [4.78, 5) is 10.6. The Morgan fingerprint density at radius 3 is 2.04 bits per heavy atom. The van der Waals surface area contributed by atoms with E-state index in [1.807, 2.05) is 13.8 Å². The second kappa shape index (κ2) is 7.23. The topological polar surface area (TPSA) is 55.2 Å². The van der Waals surface area contributed by atoms with E-state index < -0.39 is 16.7 Å². The van der Waals surface area contributed by atoms with Crippen molar-refractivity contribution < 1.29 is 18.1 Å². The van der Waals surface area contributed by atoms with Gasteiger partial charge in [0.25, 0.3) is 5.69 Å². The van der Waals surface area contributed by atoms with E-state index in [1.165, 1.54) is 18.2 Å². The maximum absolute atomic E-state index is 12.6. The molecule has 0 amide bonds. The Balaban J connectivity index is 2.13. The van der Waals surface area contributed by atoms with Crippen molar-refractivity contribution in [1.82, 2.24) is 5.32 Å². The van der Waals surface area contributed by atoms with Crippen molar-refractivity contribution in [2.45, 2.75) is 39.0 Å². The van der Waals surface area contributed by atoms with E-state index >= 15 is 0 Å². The molecule has 0 aliphatic carbocycles. The number of hydrogen-bond donors (Lipinski definition) is 1. The molecular formula is C18H19F3N2O2. The van der Waals surface area contributed by atoms with E-state index in [0.29, 0.717) is 11.1 Å². The van der Waals surface area contributed by atoms with Crippen molar-refractivity contribution in [2.24, 2.45) is 0 Å². The van der Waals surface area contributed by atoms with Crippen LogP contribution in [0.25, 0.3) is 0 Å². The van der Waals surface area contributed by atoms with Crippen LogP contribution >= 0.6 is 0 Å². The van der Waals surface area contributed by atoms with E-state index in [9.17, 15) is 23.3 Å². The molecule has 2 atom stereocenters. The molecule has 0 saturated heterocycles. The van der Waals surface area contributed by atoms with E-state index in [-0.39, 0.29) is 17.8 Å². The lowest BCUT2D eigenvalue weighted by Gasteiger charge is -2.21. The Labute approximate surface area is 143 Å². The molecule has 0 bridgehead atoms. The first kappa shape index (κ1) is 18.9. The molecule has 0 saturated carbocycles. The minimum Gasteiger partial charge on any atom is -0.304 e. The maximum atomic E-state index is 12.6. The molecule has 2 aromatic rings. The van der Waals surface area contributed by atoms with Gasteiger partial charge in [-0.25, -0.2) is 0 Å². The first-order chi connectivity index (χ1) is 11.6. The van der Waals surface area contributed by atoms with Gasteiger partial charge in [-0.15, -0.1) is 0 Å². The van der Waals surface area contributed by atoms with Crippen LogP contribution in [0.4, 0.5) is 18.9 Å². The van der Waals surface area contributed by atoms with Gasteiger partial charge in [-0.05, 0) is 44.0 Å². The lowest BCUT2D eigenvalue weighted by atomic mass is 10.0. The fraction of sp³-hybridized carbons (Fsp3) is 0.333. The van der Waals surface area contributed by atoms with Gasteiger partial charge in [0.15, 0.2) is 0 Å². The Hall–Kier alpha value is -2.41. The minimum atomic E-state index is -4.36. The highest BCUT2D eigenvalue weighted by Gasteiger charge is 2.30.